The summed E-state index contributed by atoms with van der Waals surface area (Å²) in [4.78, 5) is 0. The van der Waals surface area contributed by atoms with E-state index in [1.807, 2.05) is 0 Å². The third kappa shape index (κ3) is 3.03. The largest absolute Gasteiger partial charge is 0.508 e. The van der Waals surface area contributed by atoms with Crippen LogP contribution in [0, 0.1) is 5.82 Å². The van der Waals surface area contributed by atoms with E-state index in [2.05, 4.69) is 0 Å². The van der Waals surface area contributed by atoms with Gasteiger partial charge in [-0.05, 0) is 29.8 Å². The van der Waals surface area contributed by atoms with Crippen LogP contribution in [0.3, 0.4) is 0 Å². The van der Waals surface area contributed by atoms with E-state index in [1.54, 1.807) is 24.3 Å². The molecule has 100 valence electrons. The molecule has 4 heteroatoms. The molecule has 1 unspecified atom stereocenters. The van der Waals surface area contributed by atoms with E-state index in [0.29, 0.717) is 5.75 Å². The Morgan fingerprint density at radius 2 is 1.95 bits per heavy atom. The Kier molecular flexibility index (Phi) is 4.02. The number of aromatic hydroxyl groups is 1. The Hall–Kier alpha value is -2.07. The third-order valence-electron chi connectivity index (χ3n) is 2.91. The quantitative estimate of drug-likeness (QED) is 0.890. The molecule has 19 heavy (non-hydrogen) atoms. The van der Waals surface area contributed by atoms with Gasteiger partial charge in [0.1, 0.15) is 17.3 Å². The molecule has 0 aliphatic carbocycles. The van der Waals surface area contributed by atoms with Crippen LogP contribution in [-0.2, 0) is 6.42 Å². The number of aliphatic hydroxyl groups is 1. The first-order valence-corrected chi connectivity index (χ1v) is 5.90. The minimum absolute atomic E-state index is 0.116. The molecule has 0 aliphatic rings. The highest BCUT2D eigenvalue weighted by atomic mass is 19.1. The van der Waals surface area contributed by atoms with Crippen LogP contribution in [0.4, 0.5) is 4.39 Å². The third-order valence-corrected chi connectivity index (χ3v) is 2.91. The van der Waals surface area contributed by atoms with E-state index in [9.17, 15) is 14.6 Å². The lowest BCUT2D eigenvalue weighted by molar-refractivity contribution is 0.169. The zero-order chi connectivity index (χ0) is 13.8. The van der Waals surface area contributed by atoms with Crippen molar-refractivity contribution in [2.75, 3.05) is 7.11 Å². The highest BCUT2D eigenvalue weighted by Gasteiger charge is 2.18. The Balaban J connectivity index is 2.27. The van der Waals surface area contributed by atoms with Crippen LogP contribution in [0.25, 0.3) is 0 Å². The summed E-state index contributed by atoms with van der Waals surface area (Å²) >= 11 is 0. The van der Waals surface area contributed by atoms with Gasteiger partial charge < -0.3 is 14.9 Å². The maximum atomic E-state index is 13.8. The molecule has 2 aromatic rings. The summed E-state index contributed by atoms with van der Waals surface area (Å²) in [5, 5.41) is 19.5. The average molecular weight is 262 g/mol. The molecule has 2 N–H and O–H groups in total. The Labute approximate surface area is 110 Å². The molecule has 0 bridgehead atoms. The maximum Gasteiger partial charge on any atom is 0.132 e. The number of rotatable bonds is 4. The molecule has 0 aromatic heterocycles. The number of aliphatic hydroxyl groups excluding tert-OH is 1. The maximum absolute atomic E-state index is 13.8. The van der Waals surface area contributed by atoms with E-state index in [4.69, 9.17) is 4.74 Å². The van der Waals surface area contributed by atoms with Gasteiger partial charge in [-0.3, -0.25) is 0 Å². The molecule has 0 spiro atoms. The standard InChI is InChI=1S/C15H15FO3/c1-19-14-7-3-6-12(16)15(14)13(18)9-10-4-2-5-11(17)8-10/h2-8,13,17-18H,9H2,1H3. The van der Waals surface area contributed by atoms with Crippen molar-refractivity contribution in [3.63, 3.8) is 0 Å². The number of phenols is 1. The van der Waals surface area contributed by atoms with Gasteiger partial charge >= 0.3 is 0 Å². The zero-order valence-corrected chi connectivity index (χ0v) is 10.5. The lowest BCUT2D eigenvalue weighted by Crippen LogP contribution is -2.06. The van der Waals surface area contributed by atoms with Crippen molar-refractivity contribution < 1.29 is 19.3 Å². The van der Waals surface area contributed by atoms with Crippen LogP contribution >= 0.6 is 0 Å². The zero-order valence-electron chi connectivity index (χ0n) is 10.5. The van der Waals surface area contributed by atoms with Gasteiger partial charge in [-0.25, -0.2) is 4.39 Å². The molecule has 0 saturated carbocycles. The van der Waals surface area contributed by atoms with Crippen molar-refractivity contribution in [3.05, 3.63) is 59.4 Å². The van der Waals surface area contributed by atoms with Crippen LogP contribution in [0.15, 0.2) is 42.5 Å². The predicted octanol–water partition coefficient (Wildman–Crippen LogP) is 2.82. The Morgan fingerprint density at radius 1 is 1.21 bits per heavy atom. The van der Waals surface area contributed by atoms with Crippen LogP contribution in [0.2, 0.25) is 0 Å². The summed E-state index contributed by atoms with van der Waals surface area (Å²) in [5.41, 5.74) is 0.853. The second kappa shape index (κ2) is 5.71. The number of halogens is 1. The van der Waals surface area contributed by atoms with Gasteiger partial charge in [0.2, 0.25) is 0 Å². The first kappa shape index (κ1) is 13.4. The summed E-state index contributed by atoms with van der Waals surface area (Å²) in [7, 11) is 1.43. The fourth-order valence-corrected chi connectivity index (χ4v) is 2.03. The van der Waals surface area contributed by atoms with Gasteiger partial charge in [-0.2, -0.15) is 0 Å². The molecule has 0 amide bonds. The Morgan fingerprint density at radius 3 is 2.63 bits per heavy atom. The average Bonchev–Trinajstić information content (AvgIpc) is 2.38. The topological polar surface area (TPSA) is 49.7 Å². The highest BCUT2D eigenvalue weighted by Crippen LogP contribution is 2.30. The molecular weight excluding hydrogens is 247 g/mol. The number of ether oxygens (including phenoxy) is 1. The van der Waals surface area contributed by atoms with E-state index < -0.39 is 11.9 Å². The minimum Gasteiger partial charge on any atom is -0.508 e. The molecule has 0 saturated heterocycles. The molecule has 0 heterocycles. The number of hydrogen-bond donors (Lipinski definition) is 2. The van der Waals surface area contributed by atoms with Crippen molar-refractivity contribution in [3.8, 4) is 11.5 Å². The summed E-state index contributed by atoms with van der Waals surface area (Å²) in [5.74, 6) is -0.0788. The summed E-state index contributed by atoms with van der Waals surface area (Å²) in [6.07, 6.45) is -0.830. The second-order valence-electron chi connectivity index (χ2n) is 4.25. The Bertz CT molecular complexity index is 569. The molecule has 0 aliphatic heterocycles. The molecule has 0 radical (unpaired) electrons. The SMILES string of the molecule is COc1cccc(F)c1C(O)Cc1cccc(O)c1. The van der Waals surface area contributed by atoms with Gasteiger partial charge in [0, 0.05) is 6.42 Å². The lowest BCUT2D eigenvalue weighted by Gasteiger charge is -2.15. The normalized spacial score (nSPS) is 12.2. The van der Waals surface area contributed by atoms with Crippen LogP contribution in [0.5, 0.6) is 11.5 Å². The van der Waals surface area contributed by atoms with Gasteiger partial charge in [0.25, 0.3) is 0 Å². The smallest absolute Gasteiger partial charge is 0.132 e. The van der Waals surface area contributed by atoms with Gasteiger partial charge in [-0.15, -0.1) is 0 Å². The summed E-state index contributed by atoms with van der Waals surface area (Å²) in [6, 6.07) is 10.9. The second-order valence-corrected chi connectivity index (χ2v) is 4.25. The minimum atomic E-state index is -1.03. The van der Waals surface area contributed by atoms with Gasteiger partial charge in [-0.1, -0.05) is 18.2 Å². The summed E-state index contributed by atoms with van der Waals surface area (Å²) in [6.45, 7) is 0. The van der Waals surface area contributed by atoms with Gasteiger partial charge in [0.05, 0.1) is 18.8 Å². The van der Waals surface area contributed by atoms with Crippen LogP contribution in [0.1, 0.15) is 17.2 Å². The van der Waals surface area contributed by atoms with Crippen molar-refractivity contribution in [1.29, 1.82) is 0 Å². The number of phenolic OH excluding ortho intramolecular Hbond substituents is 1. The fourth-order valence-electron chi connectivity index (χ4n) is 2.03. The van der Waals surface area contributed by atoms with Crippen molar-refractivity contribution >= 4 is 0 Å². The van der Waals surface area contributed by atoms with E-state index >= 15 is 0 Å². The van der Waals surface area contributed by atoms with Crippen molar-refractivity contribution in [1.82, 2.24) is 0 Å². The molecule has 0 fully saturated rings. The van der Waals surface area contributed by atoms with Crippen molar-refractivity contribution in [2.45, 2.75) is 12.5 Å². The lowest BCUT2D eigenvalue weighted by atomic mass is 10.00. The number of hydrogen-bond acceptors (Lipinski definition) is 3. The highest BCUT2D eigenvalue weighted by molar-refractivity contribution is 5.38. The van der Waals surface area contributed by atoms with Crippen LogP contribution in [-0.4, -0.2) is 17.3 Å². The molecule has 2 rings (SSSR count). The number of methoxy groups -OCH3 is 1. The molecule has 3 nitrogen and oxygen atoms in total. The van der Waals surface area contributed by atoms with Crippen LogP contribution < -0.4 is 4.74 Å². The molecule has 1 atom stereocenters. The summed E-state index contributed by atoms with van der Waals surface area (Å²) < 4.78 is 18.8. The van der Waals surface area contributed by atoms with E-state index in [0.717, 1.165) is 5.56 Å². The predicted molar refractivity (Wildman–Crippen MR) is 69.7 cm³/mol. The van der Waals surface area contributed by atoms with E-state index in [-0.39, 0.29) is 17.7 Å². The first-order valence-electron chi connectivity index (χ1n) is 5.90. The first-order chi connectivity index (χ1) is 9.11. The van der Waals surface area contributed by atoms with E-state index in [1.165, 1.54) is 25.3 Å². The number of benzene rings is 2. The van der Waals surface area contributed by atoms with Gasteiger partial charge in [0.15, 0.2) is 0 Å². The molecular formula is C15H15FO3. The fraction of sp³-hybridized carbons (Fsp3) is 0.200. The molecule has 2 aromatic carbocycles. The van der Waals surface area contributed by atoms with Crippen molar-refractivity contribution in [2.24, 2.45) is 0 Å². The monoisotopic (exact) mass is 262 g/mol.